The largest absolute Gasteiger partial charge is 0.481 e. The number of nitrogens with one attached hydrogen (secondary N) is 2. The van der Waals surface area contributed by atoms with E-state index in [1.807, 2.05) is 13.8 Å². The van der Waals surface area contributed by atoms with Crippen LogP contribution in [0.4, 0.5) is 0 Å². The van der Waals surface area contributed by atoms with Gasteiger partial charge < -0.3 is 26.2 Å². The molecule has 0 aromatic carbocycles. The predicted octanol–water partition coefficient (Wildman–Crippen LogP) is 7.13. The van der Waals surface area contributed by atoms with Crippen LogP contribution in [0.3, 0.4) is 0 Å². The number of hydrogen-bond donors (Lipinski definition) is 4. The number of allylic oxidation sites excluding steroid dienone is 1. The third-order valence-electron chi connectivity index (χ3n) is 17.4. The van der Waals surface area contributed by atoms with Gasteiger partial charge in [-0.05, 0) is 142 Å². The molecule has 10 atom stereocenters. The number of esters is 1. The molecule has 308 valence electrons. The maximum absolute atomic E-state index is 14.2. The maximum atomic E-state index is 14.2. The lowest BCUT2D eigenvalue weighted by atomic mass is 9.33. The summed E-state index contributed by atoms with van der Waals surface area (Å²) in [5, 5.41) is 15.9. The number of carbonyl (C=O) groups excluding carboxylic acids is 4. The van der Waals surface area contributed by atoms with Crippen LogP contribution >= 0.6 is 0 Å². The molecule has 0 bridgehead atoms. The van der Waals surface area contributed by atoms with Gasteiger partial charge in [-0.1, -0.05) is 62.3 Å². The molecular weight excluding hydrogens is 695 g/mol. The zero-order chi connectivity index (χ0) is 41.3. The molecule has 0 aromatic rings. The second-order valence-corrected chi connectivity index (χ2v) is 22.3. The second-order valence-electron chi connectivity index (χ2n) is 22.3. The third kappa shape index (κ3) is 6.06. The third-order valence-corrected chi connectivity index (χ3v) is 17.4. The number of carboxylic acid groups (broad SMARTS) is 1. The first-order chi connectivity index (χ1) is 25.0. The summed E-state index contributed by atoms with van der Waals surface area (Å²) in [4.78, 5) is 66.5. The minimum atomic E-state index is -1.23. The zero-order valence-corrected chi connectivity index (χ0v) is 36.1. The highest BCUT2D eigenvalue weighted by molar-refractivity contribution is 6.03. The number of amides is 2. The first-order valence-electron chi connectivity index (χ1n) is 21.2. The number of carboxylic acids is 1. The molecule has 0 aromatic heterocycles. The molecule has 6 rings (SSSR count). The molecule has 5 saturated carbocycles. The van der Waals surface area contributed by atoms with Gasteiger partial charge in [0, 0.05) is 11.8 Å². The van der Waals surface area contributed by atoms with Gasteiger partial charge in [0.25, 0.3) is 0 Å². The highest BCUT2D eigenvalue weighted by Crippen LogP contribution is 2.76. The molecule has 0 heterocycles. The Morgan fingerprint density at radius 2 is 1.44 bits per heavy atom. The standard InChI is InChI=1S/C45H71N3O7/c1-24(2)32-28(49)23-45(48-37(54)41(9,10)47-36(53)40(7,8)46)21-20-43(12)25(33(32)45)14-15-30-42(11)18-17-31(39(5,6)29(42)16-19-44(30,43)13)55-35(52)27-22-26(34(50)51)38(27,3)4/h24-27,29-31H,14-23,46H2,1-13H3,(H,47,53)(H,48,54)(H,50,51)/t25-,26+,27-,29+,30-,31+,42+,43-,44-,45-/m1/s1. The Bertz CT molecular complexity index is 1700. The van der Waals surface area contributed by atoms with E-state index in [0.29, 0.717) is 24.7 Å². The van der Waals surface area contributed by atoms with E-state index in [-0.39, 0.29) is 63.7 Å². The van der Waals surface area contributed by atoms with Crippen LogP contribution < -0.4 is 16.4 Å². The Balaban J connectivity index is 1.27. The minimum absolute atomic E-state index is 0.0145. The monoisotopic (exact) mass is 766 g/mol. The summed E-state index contributed by atoms with van der Waals surface area (Å²) < 4.78 is 6.40. The molecule has 55 heavy (non-hydrogen) atoms. The molecule has 0 saturated heterocycles. The van der Waals surface area contributed by atoms with E-state index in [4.69, 9.17) is 10.5 Å². The lowest BCUT2D eigenvalue weighted by Gasteiger charge is -2.72. The van der Waals surface area contributed by atoms with Crippen molar-refractivity contribution in [3.63, 3.8) is 0 Å². The molecule has 2 amide bonds. The van der Waals surface area contributed by atoms with Gasteiger partial charge in [-0.3, -0.25) is 24.0 Å². The van der Waals surface area contributed by atoms with Gasteiger partial charge in [-0.15, -0.1) is 0 Å². The normalized spacial score (nSPS) is 40.5. The Morgan fingerprint density at radius 1 is 0.800 bits per heavy atom. The summed E-state index contributed by atoms with van der Waals surface area (Å²) in [6.45, 7) is 26.6. The molecular formula is C45H71N3O7. The van der Waals surface area contributed by atoms with Crippen molar-refractivity contribution in [2.24, 2.45) is 68.3 Å². The quantitative estimate of drug-likeness (QED) is 0.190. The maximum Gasteiger partial charge on any atom is 0.309 e. The summed E-state index contributed by atoms with van der Waals surface area (Å²) in [6.07, 6.45) is 7.69. The van der Waals surface area contributed by atoms with Gasteiger partial charge in [-0.25, -0.2) is 0 Å². The van der Waals surface area contributed by atoms with Crippen LogP contribution in [0, 0.1) is 62.6 Å². The van der Waals surface area contributed by atoms with Crippen molar-refractivity contribution in [2.75, 3.05) is 0 Å². The molecule has 0 unspecified atom stereocenters. The molecule has 10 nitrogen and oxygen atoms in total. The van der Waals surface area contributed by atoms with Crippen molar-refractivity contribution >= 4 is 29.5 Å². The van der Waals surface area contributed by atoms with Crippen molar-refractivity contribution in [3.05, 3.63) is 11.1 Å². The van der Waals surface area contributed by atoms with Crippen LogP contribution in [-0.2, 0) is 28.7 Å². The van der Waals surface area contributed by atoms with Gasteiger partial charge in [0.15, 0.2) is 5.78 Å². The van der Waals surface area contributed by atoms with E-state index in [1.165, 1.54) is 0 Å². The van der Waals surface area contributed by atoms with Gasteiger partial charge in [0.2, 0.25) is 11.8 Å². The molecule has 5 fully saturated rings. The van der Waals surface area contributed by atoms with E-state index in [1.54, 1.807) is 27.7 Å². The van der Waals surface area contributed by atoms with E-state index >= 15 is 0 Å². The molecule has 10 heteroatoms. The number of aliphatic carboxylic acids is 1. The van der Waals surface area contributed by atoms with Crippen molar-refractivity contribution < 1.29 is 33.8 Å². The number of Topliss-reactive ketones (excluding diaryl/α,β-unsaturated/α-hetero) is 1. The lowest BCUT2D eigenvalue weighted by Crippen LogP contribution is -2.69. The van der Waals surface area contributed by atoms with E-state index in [9.17, 15) is 29.1 Å². The Labute approximate surface area is 329 Å². The van der Waals surface area contributed by atoms with Crippen LogP contribution in [0.5, 0.6) is 0 Å². The van der Waals surface area contributed by atoms with Crippen molar-refractivity contribution in [2.45, 2.75) is 177 Å². The number of ketones is 1. The molecule has 6 aliphatic carbocycles. The first-order valence-corrected chi connectivity index (χ1v) is 21.2. The van der Waals surface area contributed by atoms with Crippen LogP contribution in [0.2, 0.25) is 0 Å². The first kappa shape index (κ1) is 41.9. The number of rotatable bonds is 8. The summed E-state index contributed by atoms with van der Waals surface area (Å²) in [7, 11) is 0. The average Bonchev–Trinajstić information content (AvgIpc) is 3.33. The highest BCUT2D eigenvalue weighted by atomic mass is 16.5. The minimum Gasteiger partial charge on any atom is -0.481 e. The zero-order valence-electron chi connectivity index (χ0n) is 36.1. The van der Waals surface area contributed by atoms with Crippen molar-refractivity contribution in [1.82, 2.24) is 10.6 Å². The predicted molar refractivity (Wildman–Crippen MR) is 211 cm³/mol. The number of fused-ring (bicyclic) bond motifs is 7. The molecule has 0 radical (unpaired) electrons. The highest BCUT2D eigenvalue weighted by Gasteiger charge is 2.71. The second kappa shape index (κ2) is 12.9. The summed E-state index contributed by atoms with van der Waals surface area (Å²) in [6, 6.07) is 0. The Kier molecular flexibility index (Phi) is 9.80. The van der Waals surface area contributed by atoms with Gasteiger partial charge in [0.1, 0.15) is 11.6 Å². The fraction of sp³-hybridized carbons (Fsp3) is 0.844. The summed E-state index contributed by atoms with van der Waals surface area (Å²) in [5.41, 5.74) is 3.97. The Hall–Kier alpha value is -2.75. The fourth-order valence-electron chi connectivity index (χ4n) is 13.8. The smallest absolute Gasteiger partial charge is 0.309 e. The van der Waals surface area contributed by atoms with Crippen LogP contribution in [-0.4, -0.2) is 57.4 Å². The summed E-state index contributed by atoms with van der Waals surface area (Å²) >= 11 is 0. The number of nitrogens with two attached hydrogens (primary N) is 1. The average molecular weight is 766 g/mol. The fourth-order valence-corrected chi connectivity index (χ4v) is 13.8. The molecule has 0 aliphatic heterocycles. The molecule has 6 aliphatic rings. The van der Waals surface area contributed by atoms with Gasteiger partial charge in [0.05, 0.1) is 22.9 Å². The van der Waals surface area contributed by atoms with Crippen molar-refractivity contribution in [3.8, 4) is 0 Å². The van der Waals surface area contributed by atoms with Gasteiger partial charge in [-0.2, -0.15) is 0 Å². The van der Waals surface area contributed by atoms with E-state index in [0.717, 1.165) is 56.1 Å². The van der Waals surface area contributed by atoms with Gasteiger partial charge >= 0.3 is 11.9 Å². The van der Waals surface area contributed by atoms with Crippen LogP contribution in [0.25, 0.3) is 0 Å². The topological polar surface area (TPSA) is 165 Å². The van der Waals surface area contributed by atoms with Crippen LogP contribution in [0.1, 0.15) is 154 Å². The number of carbonyl (C=O) groups is 5. The van der Waals surface area contributed by atoms with Crippen molar-refractivity contribution in [1.29, 1.82) is 0 Å². The van der Waals surface area contributed by atoms with E-state index in [2.05, 4.69) is 59.1 Å². The Morgan fingerprint density at radius 3 is 2.00 bits per heavy atom. The summed E-state index contributed by atoms with van der Waals surface area (Å²) in [5.74, 6) is -1.67. The van der Waals surface area contributed by atoms with E-state index < -0.39 is 45.7 Å². The molecule has 0 spiro atoms. The number of hydrogen-bond acceptors (Lipinski definition) is 7. The van der Waals surface area contributed by atoms with Crippen LogP contribution in [0.15, 0.2) is 11.1 Å². The lowest BCUT2D eigenvalue weighted by molar-refractivity contribution is -0.235. The number of ether oxygens (including phenoxy) is 1. The molecule has 5 N–H and O–H groups in total. The SMILES string of the molecule is CC(C)C1=C2[C@H]3CC[C@@H]4[C@@]5(C)CC[C@H](OC(=O)[C@H]6C[C@@H](C(=O)O)C6(C)C)C(C)(C)[C@@H]5CC[C@@]4(C)[C@]3(C)CC[C@@]2(NC(=O)C(C)(C)NC(=O)C(C)(C)N)CC1=O.